The van der Waals surface area contributed by atoms with E-state index in [-0.39, 0.29) is 11.3 Å². The Bertz CT molecular complexity index is 869. The van der Waals surface area contributed by atoms with Crippen molar-refractivity contribution in [2.75, 3.05) is 33.9 Å². The third kappa shape index (κ3) is 3.58. The van der Waals surface area contributed by atoms with Crippen molar-refractivity contribution in [2.24, 2.45) is 5.41 Å². The highest BCUT2D eigenvalue weighted by molar-refractivity contribution is 5.79. The number of hydrogen-bond acceptors (Lipinski definition) is 6. The van der Waals surface area contributed by atoms with Crippen molar-refractivity contribution in [3.63, 3.8) is 0 Å². The lowest BCUT2D eigenvalue weighted by Gasteiger charge is -2.37. The van der Waals surface area contributed by atoms with Gasteiger partial charge in [0.1, 0.15) is 17.3 Å². The molecule has 1 N–H and O–H groups in total. The van der Waals surface area contributed by atoms with Crippen LogP contribution < -0.4 is 14.8 Å². The molecule has 0 saturated carbocycles. The summed E-state index contributed by atoms with van der Waals surface area (Å²) in [4.78, 5) is 18.7. The molecule has 1 spiro atoms. The van der Waals surface area contributed by atoms with Gasteiger partial charge in [0.15, 0.2) is 0 Å². The highest BCUT2D eigenvalue weighted by atomic mass is 16.5. The van der Waals surface area contributed by atoms with E-state index in [0.717, 1.165) is 61.8 Å². The number of carbonyl (C=O) groups is 1. The number of hydrogen-bond donors (Lipinski definition) is 1. The van der Waals surface area contributed by atoms with Crippen molar-refractivity contribution in [2.45, 2.75) is 32.7 Å². The summed E-state index contributed by atoms with van der Waals surface area (Å²) in [7, 11) is 3.27. The van der Waals surface area contributed by atoms with E-state index in [1.165, 1.54) is 0 Å². The molecule has 1 aromatic heterocycles. The number of aromatic nitrogens is 1. The van der Waals surface area contributed by atoms with E-state index in [9.17, 15) is 4.79 Å². The molecule has 2 aromatic rings. The van der Waals surface area contributed by atoms with Crippen molar-refractivity contribution >= 4 is 5.91 Å². The Kier molecular flexibility index (Phi) is 5.02. The summed E-state index contributed by atoms with van der Waals surface area (Å²) in [5, 5.41) is 2.99. The van der Waals surface area contributed by atoms with Crippen LogP contribution in [0.3, 0.4) is 0 Å². The van der Waals surface area contributed by atoms with Gasteiger partial charge >= 0.3 is 0 Å². The van der Waals surface area contributed by atoms with Crippen molar-refractivity contribution in [3.05, 3.63) is 29.7 Å². The predicted molar refractivity (Wildman–Crippen MR) is 104 cm³/mol. The maximum atomic E-state index is 11.6. The van der Waals surface area contributed by atoms with Gasteiger partial charge in [0.05, 0.1) is 25.5 Å². The molecular formula is C21H27N3O4. The van der Waals surface area contributed by atoms with Crippen LogP contribution in [0.25, 0.3) is 11.5 Å². The van der Waals surface area contributed by atoms with Gasteiger partial charge in [-0.3, -0.25) is 9.69 Å². The first-order valence-electron chi connectivity index (χ1n) is 9.70. The second-order valence-corrected chi connectivity index (χ2v) is 7.82. The zero-order chi connectivity index (χ0) is 19.7. The van der Waals surface area contributed by atoms with E-state index in [1.807, 2.05) is 25.1 Å². The highest BCUT2D eigenvalue weighted by Gasteiger charge is 2.40. The first-order valence-corrected chi connectivity index (χ1v) is 9.70. The Hall–Kier alpha value is -2.54. The van der Waals surface area contributed by atoms with Gasteiger partial charge in [0.2, 0.25) is 11.8 Å². The first-order chi connectivity index (χ1) is 13.5. The lowest BCUT2D eigenvalue weighted by molar-refractivity contribution is -0.119. The zero-order valence-electron chi connectivity index (χ0n) is 16.7. The van der Waals surface area contributed by atoms with Crippen LogP contribution in [0, 0.1) is 12.3 Å². The van der Waals surface area contributed by atoms with Crippen LogP contribution in [0.15, 0.2) is 22.6 Å². The number of ether oxygens (including phenoxy) is 2. The Balaban J connectivity index is 1.48. The number of carbonyl (C=O) groups excluding carboxylic acids is 1. The molecule has 1 aromatic carbocycles. The van der Waals surface area contributed by atoms with Gasteiger partial charge in [-0.15, -0.1) is 0 Å². The summed E-state index contributed by atoms with van der Waals surface area (Å²) >= 11 is 0. The van der Waals surface area contributed by atoms with Gasteiger partial charge in [-0.1, -0.05) is 0 Å². The molecule has 0 atom stereocenters. The molecule has 4 rings (SSSR count). The largest absolute Gasteiger partial charge is 0.497 e. The van der Waals surface area contributed by atoms with E-state index in [2.05, 4.69) is 10.2 Å². The summed E-state index contributed by atoms with van der Waals surface area (Å²) in [6.45, 7) is 5.46. The Morgan fingerprint density at radius 2 is 2.04 bits per heavy atom. The van der Waals surface area contributed by atoms with E-state index >= 15 is 0 Å². The minimum atomic E-state index is 0.158. The second-order valence-electron chi connectivity index (χ2n) is 7.82. The molecule has 2 fully saturated rings. The summed E-state index contributed by atoms with van der Waals surface area (Å²) in [5.41, 5.74) is 1.88. The van der Waals surface area contributed by atoms with Crippen LogP contribution in [0.1, 0.15) is 30.7 Å². The van der Waals surface area contributed by atoms with Gasteiger partial charge in [0, 0.05) is 19.5 Å². The molecule has 2 saturated heterocycles. The summed E-state index contributed by atoms with van der Waals surface area (Å²) in [6, 6.07) is 5.59. The zero-order valence-corrected chi connectivity index (χ0v) is 16.7. The average molecular weight is 385 g/mol. The van der Waals surface area contributed by atoms with Gasteiger partial charge in [0.25, 0.3) is 0 Å². The first kappa shape index (κ1) is 18.8. The van der Waals surface area contributed by atoms with Crippen LogP contribution in [-0.2, 0) is 11.3 Å². The van der Waals surface area contributed by atoms with Crippen molar-refractivity contribution in [1.29, 1.82) is 0 Å². The monoisotopic (exact) mass is 385 g/mol. The number of amides is 1. The molecule has 7 heteroatoms. The third-order valence-electron chi connectivity index (χ3n) is 6.02. The average Bonchev–Trinajstić information content (AvgIpc) is 3.26. The minimum Gasteiger partial charge on any atom is -0.497 e. The number of aryl methyl sites for hydroxylation is 1. The molecule has 0 aliphatic carbocycles. The molecule has 7 nitrogen and oxygen atoms in total. The Labute approximate surface area is 165 Å². The van der Waals surface area contributed by atoms with Crippen LogP contribution in [-0.4, -0.2) is 49.6 Å². The van der Waals surface area contributed by atoms with Gasteiger partial charge in [-0.25, -0.2) is 4.98 Å². The van der Waals surface area contributed by atoms with E-state index in [4.69, 9.17) is 18.9 Å². The van der Waals surface area contributed by atoms with Gasteiger partial charge in [-0.2, -0.15) is 0 Å². The number of methoxy groups -OCH3 is 2. The smallest absolute Gasteiger partial charge is 0.230 e. The molecular weight excluding hydrogens is 358 g/mol. The summed E-state index contributed by atoms with van der Waals surface area (Å²) in [6.07, 6.45) is 2.75. The van der Waals surface area contributed by atoms with Crippen LogP contribution in [0.5, 0.6) is 11.5 Å². The van der Waals surface area contributed by atoms with Crippen molar-refractivity contribution < 1.29 is 18.7 Å². The fourth-order valence-electron chi connectivity index (χ4n) is 4.17. The highest BCUT2D eigenvalue weighted by Crippen LogP contribution is 2.38. The molecule has 150 valence electrons. The quantitative estimate of drug-likeness (QED) is 0.853. The van der Waals surface area contributed by atoms with Gasteiger partial charge < -0.3 is 19.2 Å². The number of oxazole rings is 1. The fourth-order valence-corrected chi connectivity index (χ4v) is 4.17. The topological polar surface area (TPSA) is 76.8 Å². The Morgan fingerprint density at radius 3 is 2.68 bits per heavy atom. The second kappa shape index (κ2) is 7.47. The van der Waals surface area contributed by atoms with Crippen LogP contribution in [0.2, 0.25) is 0 Å². The molecule has 1 amide bonds. The van der Waals surface area contributed by atoms with Crippen molar-refractivity contribution in [3.8, 4) is 23.0 Å². The van der Waals surface area contributed by atoms with E-state index in [0.29, 0.717) is 18.1 Å². The molecule has 2 aliphatic rings. The molecule has 28 heavy (non-hydrogen) atoms. The van der Waals surface area contributed by atoms with Crippen LogP contribution >= 0.6 is 0 Å². The van der Waals surface area contributed by atoms with E-state index < -0.39 is 0 Å². The molecule has 0 bridgehead atoms. The SMILES string of the molecule is COc1ccc(OC)c(-c2nc(CN3CCC4(CC3)CNC(=O)C4)c(C)o2)c1. The summed E-state index contributed by atoms with van der Waals surface area (Å²) in [5.74, 6) is 2.99. The summed E-state index contributed by atoms with van der Waals surface area (Å²) < 4.78 is 16.8. The molecule has 0 unspecified atom stereocenters. The number of benzene rings is 1. The number of rotatable bonds is 5. The minimum absolute atomic E-state index is 0.158. The predicted octanol–water partition coefficient (Wildman–Crippen LogP) is 2.77. The van der Waals surface area contributed by atoms with Crippen LogP contribution in [0.4, 0.5) is 0 Å². The fraction of sp³-hybridized carbons (Fsp3) is 0.524. The molecule has 2 aliphatic heterocycles. The number of likely N-dealkylation sites (tertiary alicyclic amines) is 1. The standard InChI is InChI=1S/C21H27N3O4/c1-14-17(12-24-8-6-21(7-9-24)11-19(25)22-13-21)23-20(28-14)16-10-15(26-2)4-5-18(16)27-3/h4-5,10H,6-9,11-13H2,1-3H3,(H,22,25). The maximum Gasteiger partial charge on any atom is 0.230 e. The lowest BCUT2D eigenvalue weighted by Crippen LogP contribution is -2.40. The maximum absolute atomic E-state index is 11.6. The number of nitrogens with zero attached hydrogens (tertiary/aromatic N) is 2. The van der Waals surface area contributed by atoms with Gasteiger partial charge in [-0.05, 0) is 56.5 Å². The van der Waals surface area contributed by atoms with Crippen molar-refractivity contribution in [1.82, 2.24) is 15.2 Å². The molecule has 0 radical (unpaired) electrons. The van der Waals surface area contributed by atoms with E-state index in [1.54, 1.807) is 14.2 Å². The normalized spacial score (nSPS) is 19.0. The molecule has 3 heterocycles. The number of piperidine rings is 1. The third-order valence-corrected chi connectivity index (χ3v) is 6.02. The number of nitrogens with one attached hydrogen (secondary N) is 1. The Morgan fingerprint density at radius 1 is 1.25 bits per heavy atom. The lowest BCUT2D eigenvalue weighted by atomic mass is 9.77.